The van der Waals surface area contributed by atoms with Gasteiger partial charge in [-0.15, -0.1) is 11.3 Å². The molecular weight excluding hydrogens is 374 g/mol. The SMILES string of the molecule is CCOC(=O)Cc1csc(NN=Cc2ccc(C)c(C(F)(F)F)c2F)n1. The van der Waals surface area contributed by atoms with E-state index in [0.717, 1.165) is 17.6 Å². The van der Waals surface area contributed by atoms with Gasteiger partial charge in [0.15, 0.2) is 0 Å². The molecule has 1 aromatic carbocycles. The van der Waals surface area contributed by atoms with Gasteiger partial charge in [0.25, 0.3) is 0 Å². The van der Waals surface area contributed by atoms with E-state index in [1.54, 1.807) is 12.3 Å². The van der Waals surface area contributed by atoms with Crippen LogP contribution in [0.3, 0.4) is 0 Å². The van der Waals surface area contributed by atoms with Crippen LogP contribution < -0.4 is 5.43 Å². The molecule has 0 amide bonds. The molecule has 0 saturated carbocycles. The van der Waals surface area contributed by atoms with Gasteiger partial charge in [0.05, 0.1) is 30.5 Å². The Hall–Kier alpha value is -2.49. The molecule has 2 aromatic rings. The molecule has 0 aliphatic rings. The molecule has 1 heterocycles. The van der Waals surface area contributed by atoms with Crippen molar-refractivity contribution in [2.75, 3.05) is 12.0 Å². The van der Waals surface area contributed by atoms with E-state index in [4.69, 9.17) is 4.74 Å². The maximum Gasteiger partial charge on any atom is 0.419 e. The molecular formula is C16H15F4N3O2S. The molecule has 0 unspecified atom stereocenters. The highest BCUT2D eigenvalue weighted by molar-refractivity contribution is 7.13. The minimum absolute atomic E-state index is 0.00271. The summed E-state index contributed by atoms with van der Waals surface area (Å²) in [6.45, 7) is 3.14. The van der Waals surface area contributed by atoms with Crippen molar-refractivity contribution in [1.29, 1.82) is 0 Å². The fourth-order valence-corrected chi connectivity index (χ4v) is 2.75. The summed E-state index contributed by atoms with van der Waals surface area (Å²) in [6, 6.07) is 2.38. The number of rotatable bonds is 6. The van der Waals surface area contributed by atoms with Gasteiger partial charge in [-0.25, -0.2) is 9.37 Å². The van der Waals surface area contributed by atoms with Crippen LogP contribution >= 0.6 is 11.3 Å². The van der Waals surface area contributed by atoms with Gasteiger partial charge in [-0.1, -0.05) is 12.1 Å². The molecule has 1 aromatic heterocycles. The number of anilines is 1. The van der Waals surface area contributed by atoms with Crippen LogP contribution in [0.1, 0.15) is 29.3 Å². The number of carbonyl (C=O) groups is 1. The maximum atomic E-state index is 14.1. The highest BCUT2D eigenvalue weighted by Gasteiger charge is 2.36. The number of benzene rings is 1. The van der Waals surface area contributed by atoms with Crippen molar-refractivity contribution in [3.8, 4) is 0 Å². The first-order valence-electron chi connectivity index (χ1n) is 7.47. The second-order valence-electron chi connectivity index (χ2n) is 5.15. The molecule has 0 saturated heterocycles. The van der Waals surface area contributed by atoms with Gasteiger partial charge in [0.2, 0.25) is 5.13 Å². The summed E-state index contributed by atoms with van der Waals surface area (Å²) in [5.41, 5.74) is 1.14. The van der Waals surface area contributed by atoms with E-state index in [9.17, 15) is 22.4 Å². The second-order valence-corrected chi connectivity index (χ2v) is 6.01. The molecule has 0 spiro atoms. The lowest BCUT2D eigenvalue weighted by Gasteiger charge is -2.12. The smallest absolute Gasteiger partial charge is 0.419 e. The number of esters is 1. The third kappa shape index (κ3) is 5.01. The summed E-state index contributed by atoms with van der Waals surface area (Å²) in [4.78, 5) is 15.4. The number of hydrazone groups is 1. The average Bonchev–Trinajstić information content (AvgIpc) is 2.96. The molecule has 0 bridgehead atoms. The Morgan fingerprint density at radius 1 is 1.42 bits per heavy atom. The minimum atomic E-state index is -4.79. The van der Waals surface area contributed by atoms with E-state index in [-0.39, 0.29) is 24.2 Å². The van der Waals surface area contributed by atoms with Crippen LogP contribution in [0.4, 0.5) is 22.7 Å². The predicted octanol–water partition coefficient (Wildman–Crippen LogP) is 4.16. The Labute approximate surface area is 150 Å². The number of thiazole rings is 1. The van der Waals surface area contributed by atoms with Crippen LogP contribution in [0.25, 0.3) is 0 Å². The van der Waals surface area contributed by atoms with Crippen LogP contribution in [-0.4, -0.2) is 23.8 Å². The maximum absolute atomic E-state index is 14.1. The van der Waals surface area contributed by atoms with Gasteiger partial charge in [0, 0.05) is 10.9 Å². The van der Waals surface area contributed by atoms with Crippen LogP contribution in [0.15, 0.2) is 22.6 Å². The van der Waals surface area contributed by atoms with Gasteiger partial charge in [-0.2, -0.15) is 18.3 Å². The monoisotopic (exact) mass is 389 g/mol. The van der Waals surface area contributed by atoms with Crippen LogP contribution in [0, 0.1) is 12.7 Å². The number of aryl methyl sites for hydroxylation is 1. The standard InChI is InChI=1S/C16H15F4N3O2S/c1-3-25-12(24)6-11-8-26-15(22-11)23-21-7-10-5-4-9(2)13(14(10)17)16(18,19)20/h4-5,7-8H,3,6H2,1-2H3,(H,22,23). The normalized spacial score (nSPS) is 11.8. The Morgan fingerprint density at radius 2 is 2.15 bits per heavy atom. The van der Waals surface area contributed by atoms with Crippen molar-refractivity contribution in [3.05, 3.63) is 45.7 Å². The molecule has 0 aliphatic heterocycles. The first kappa shape index (κ1) is 19.8. The van der Waals surface area contributed by atoms with E-state index in [1.165, 1.54) is 19.1 Å². The molecule has 26 heavy (non-hydrogen) atoms. The van der Waals surface area contributed by atoms with E-state index >= 15 is 0 Å². The topological polar surface area (TPSA) is 63.6 Å². The zero-order valence-corrected chi connectivity index (χ0v) is 14.7. The number of nitrogens with one attached hydrogen (secondary N) is 1. The van der Waals surface area contributed by atoms with Gasteiger partial charge in [0.1, 0.15) is 5.82 Å². The fraction of sp³-hybridized carbons (Fsp3) is 0.312. The molecule has 2 rings (SSSR count). The highest BCUT2D eigenvalue weighted by Crippen LogP contribution is 2.34. The zero-order chi connectivity index (χ0) is 19.3. The number of hydrogen-bond donors (Lipinski definition) is 1. The van der Waals surface area contributed by atoms with E-state index in [2.05, 4.69) is 15.5 Å². The Bertz CT molecular complexity index is 818. The lowest BCUT2D eigenvalue weighted by Crippen LogP contribution is -2.12. The molecule has 10 heteroatoms. The van der Waals surface area contributed by atoms with Gasteiger partial charge in [-0.05, 0) is 19.4 Å². The molecule has 0 fully saturated rings. The largest absolute Gasteiger partial charge is 0.466 e. The van der Waals surface area contributed by atoms with Crippen LogP contribution in [0.2, 0.25) is 0 Å². The zero-order valence-electron chi connectivity index (χ0n) is 13.9. The lowest BCUT2D eigenvalue weighted by molar-refractivity contribution is -0.142. The Kier molecular flexibility index (Phi) is 6.30. The number of halogens is 4. The van der Waals surface area contributed by atoms with Crippen molar-refractivity contribution in [1.82, 2.24) is 4.98 Å². The number of nitrogens with zero attached hydrogens (tertiary/aromatic N) is 2. The number of alkyl halides is 3. The van der Waals surface area contributed by atoms with Crippen LogP contribution in [-0.2, 0) is 22.1 Å². The predicted molar refractivity (Wildman–Crippen MR) is 89.8 cm³/mol. The molecule has 140 valence electrons. The Morgan fingerprint density at radius 3 is 2.81 bits per heavy atom. The number of ether oxygens (including phenoxy) is 1. The summed E-state index contributed by atoms with van der Waals surface area (Å²) in [7, 11) is 0. The van der Waals surface area contributed by atoms with Crippen molar-refractivity contribution in [2.24, 2.45) is 5.10 Å². The summed E-state index contributed by atoms with van der Waals surface area (Å²) in [5.74, 6) is -1.81. The summed E-state index contributed by atoms with van der Waals surface area (Å²) >= 11 is 1.14. The third-order valence-electron chi connectivity index (χ3n) is 3.21. The van der Waals surface area contributed by atoms with Crippen molar-refractivity contribution in [2.45, 2.75) is 26.4 Å². The first-order valence-corrected chi connectivity index (χ1v) is 8.35. The summed E-state index contributed by atoms with van der Waals surface area (Å²) < 4.78 is 57.5. The van der Waals surface area contributed by atoms with Crippen molar-refractivity contribution < 1.29 is 27.1 Å². The van der Waals surface area contributed by atoms with Crippen molar-refractivity contribution >= 4 is 28.7 Å². The van der Waals surface area contributed by atoms with Crippen LogP contribution in [0.5, 0.6) is 0 Å². The van der Waals surface area contributed by atoms with E-state index in [1.807, 2.05) is 0 Å². The molecule has 1 N–H and O–H groups in total. The molecule has 0 atom stereocenters. The number of carbonyl (C=O) groups excluding carboxylic acids is 1. The third-order valence-corrected chi connectivity index (χ3v) is 4.01. The second kappa shape index (κ2) is 8.26. The summed E-state index contributed by atoms with van der Waals surface area (Å²) in [5, 5.41) is 5.63. The van der Waals surface area contributed by atoms with Crippen molar-refractivity contribution in [3.63, 3.8) is 0 Å². The Balaban J connectivity index is 2.08. The van der Waals surface area contributed by atoms with Gasteiger partial charge >= 0.3 is 12.1 Å². The minimum Gasteiger partial charge on any atom is -0.466 e. The van der Waals surface area contributed by atoms with E-state index < -0.39 is 23.5 Å². The number of aromatic nitrogens is 1. The molecule has 0 radical (unpaired) electrons. The molecule has 5 nitrogen and oxygen atoms in total. The lowest BCUT2D eigenvalue weighted by atomic mass is 10.0. The van der Waals surface area contributed by atoms with Gasteiger partial charge < -0.3 is 4.74 Å². The summed E-state index contributed by atoms with van der Waals surface area (Å²) in [6.07, 6.45) is -3.85. The number of hydrogen-bond acceptors (Lipinski definition) is 6. The average molecular weight is 389 g/mol. The fourth-order valence-electron chi connectivity index (χ4n) is 2.09. The van der Waals surface area contributed by atoms with Gasteiger partial charge in [-0.3, -0.25) is 10.2 Å². The molecule has 0 aliphatic carbocycles. The quantitative estimate of drug-likeness (QED) is 0.349. The highest BCUT2D eigenvalue weighted by atomic mass is 32.1. The first-order chi connectivity index (χ1) is 12.2. The van der Waals surface area contributed by atoms with E-state index in [0.29, 0.717) is 10.8 Å².